The van der Waals surface area contributed by atoms with Crippen LogP contribution in [0.5, 0.6) is 0 Å². The molecule has 0 saturated heterocycles. The average molecular weight is 246 g/mol. The van der Waals surface area contributed by atoms with Gasteiger partial charge in [-0.05, 0) is 42.6 Å². The van der Waals surface area contributed by atoms with Crippen molar-refractivity contribution in [2.45, 2.75) is 13.0 Å². The molecule has 0 aliphatic heterocycles. The summed E-state index contributed by atoms with van der Waals surface area (Å²) in [5.41, 5.74) is 7.89. The predicted octanol–water partition coefficient (Wildman–Crippen LogP) is 3.00. The average Bonchev–Trinajstić information content (AvgIpc) is 2.79. The van der Waals surface area contributed by atoms with Crippen LogP contribution in [0.15, 0.2) is 41.8 Å². The van der Waals surface area contributed by atoms with Crippen molar-refractivity contribution in [1.29, 1.82) is 0 Å². The van der Waals surface area contributed by atoms with E-state index in [9.17, 15) is 0 Å². The molecule has 0 spiro atoms. The predicted molar refractivity (Wildman–Crippen MR) is 75.2 cm³/mol. The molecular weight excluding hydrogens is 228 g/mol. The number of benzene rings is 1. The van der Waals surface area contributed by atoms with Crippen LogP contribution in [0, 0.1) is 0 Å². The lowest BCUT2D eigenvalue weighted by Gasteiger charge is -2.16. The van der Waals surface area contributed by atoms with Crippen molar-refractivity contribution in [1.82, 2.24) is 4.90 Å². The summed E-state index contributed by atoms with van der Waals surface area (Å²) in [6.07, 6.45) is 1.12. The summed E-state index contributed by atoms with van der Waals surface area (Å²) in [6.45, 7) is 2.03. The van der Waals surface area contributed by atoms with Gasteiger partial charge in [0.2, 0.25) is 0 Å². The fourth-order valence-electron chi connectivity index (χ4n) is 1.84. The highest BCUT2D eigenvalue weighted by molar-refractivity contribution is 7.09. The lowest BCUT2D eigenvalue weighted by Crippen LogP contribution is -2.20. The molecule has 2 rings (SSSR count). The van der Waals surface area contributed by atoms with Crippen molar-refractivity contribution in [3.8, 4) is 0 Å². The molecule has 0 aliphatic carbocycles. The Morgan fingerprint density at radius 2 is 2.12 bits per heavy atom. The number of hydrogen-bond donors (Lipinski definition) is 1. The first kappa shape index (κ1) is 12.1. The summed E-state index contributed by atoms with van der Waals surface area (Å²) in [6, 6.07) is 12.4. The third-order valence-electron chi connectivity index (χ3n) is 2.72. The Labute approximate surface area is 107 Å². The molecule has 2 nitrogen and oxygen atoms in total. The summed E-state index contributed by atoms with van der Waals surface area (Å²) >= 11 is 1.83. The first-order valence-electron chi connectivity index (χ1n) is 5.79. The van der Waals surface area contributed by atoms with Gasteiger partial charge >= 0.3 is 0 Å². The Morgan fingerprint density at radius 3 is 2.82 bits per heavy atom. The highest BCUT2D eigenvalue weighted by Gasteiger charge is 2.02. The lowest BCUT2D eigenvalue weighted by atomic mass is 10.2. The molecule has 2 aromatic rings. The zero-order valence-electron chi connectivity index (χ0n) is 10.1. The highest BCUT2D eigenvalue weighted by Crippen LogP contribution is 2.12. The van der Waals surface area contributed by atoms with E-state index < -0.39 is 0 Å². The fraction of sp³-hybridized carbons (Fsp3) is 0.286. The van der Waals surface area contributed by atoms with Gasteiger partial charge in [0.05, 0.1) is 0 Å². The molecule has 2 N–H and O–H groups in total. The number of anilines is 1. The molecule has 1 aromatic carbocycles. The van der Waals surface area contributed by atoms with E-state index in [1.54, 1.807) is 0 Å². The molecular formula is C14H18N2S. The normalized spacial score (nSPS) is 10.9. The number of hydrogen-bond acceptors (Lipinski definition) is 3. The van der Waals surface area contributed by atoms with Crippen LogP contribution >= 0.6 is 11.3 Å². The van der Waals surface area contributed by atoms with E-state index in [2.05, 4.69) is 35.5 Å². The van der Waals surface area contributed by atoms with Gasteiger partial charge in [-0.25, -0.2) is 0 Å². The number of thiophene rings is 1. The van der Waals surface area contributed by atoms with Gasteiger partial charge in [-0.2, -0.15) is 0 Å². The third-order valence-corrected chi connectivity index (χ3v) is 3.66. The third kappa shape index (κ3) is 3.88. The number of nitrogen functional groups attached to an aromatic ring is 1. The van der Waals surface area contributed by atoms with Crippen molar-refractivity contribution in [3.05, 3.63) is 52.2 Å². The van der Waals surface area contributed by atoms with E-state index in [1.165, 1.54) is 10.4 Å². The van der Waals surface area contributed by atoms with Gasteiger partial charge in [0, 0.05) is 23.7 Å². The first-order valence-corrected chi connectivity index (χ1v) is 6.67. The maximum absolute atomic E-state index is 5.77. The first-order chi connectivity index (χ1) is 8.24. The Balaban J connectivity index is 1.83. The quantitative estimate of drug-likeness (QED) is 0.822. The zero-order valence-corrected chi connectivity index (χ0v) is 10.9. The molecule has 0 atom stereocenters. The maximum Gasteiger partial charge on any atom is 0.0317 e. The monoisotopic (exact) mass is 246 g/mol. The van der Waals surface area contributed by atoms with Crippen molar-refractivity contribution in [3.63, 3.8) is 0 Å². The standard InChI is InChI=1S/C14H18N2S/c1-16(8-7-14-6-3-9-17-14)11-12-4-2-5-13(15)10-12/h2-6,9-10H,7-8,11,15H2,1H3. The van der Waals surface area contributed by atoms with Gasteiger partial charge in [-0.1, -0.05) is 18.2 Å². The molecule has 0 amide bonds. The minimum atomic E-state index is 0.842. The molecule has 17 heavy (non-hydrogen) atoms. The van der Waals surface area contributed by atoms with Crippen LogP contribution in [0.1, 0.15) is 10.4 Å². The number of nitrogens with zero attached hydrogens (tertiary/aromatic N) is 1. The molecule has 0 bridgehead atoms. The summed E-state index contributed by atoms with van der Waals surface area (Å²) in [5, 5.41) is 2.13. The minimum absolute atomic E-state index is 0.842. The van der Waals surface area contributed by atoms with Crippen LogP contribution in [-0.2, 0) is 13.0 Å². The molecule has 1 heterocycles. The van der Waals surface area contributed by atoms with Crippen molar-refractivity contribution >= 4 is 17.0 Å². The Hall–Kier alpha value is -1.32. The van der Waals surface area contributed by atoms with E-state index in [4.69, 9.17) is 5.73 Å². The molecule has 0 saturated carbocycles. The number of nitrogens with two attached hydrogens (primary N) is 1. The van der Waals surface area contributed by atoms with Gasteiger partial charge in [-0.15, -0.1) is 11.3 Å². The summed E-state index contributed by atoms with van der Waals surface area (Å²) < 4.78 is 0. The largest absolute Gasteiger partial charge is 0.399 e. The van der Waals surface area contributed by atoms with Crippen molar-refractivity contribution < 1.29 is 0 Å². The number of likely N-dealkylation sites (N-methyl/N-ethyl adjacent to an activating group) is 1. The van der Waals surface area contributed by atoms with Crippen molar-refractivity contribution in [2.24, 2.45) is 0 Å². The van der Waals surface area contributed by atoms with E-state index >= 15 is 0 Å². The highest BCUT2D eigenvalue weighted by atomic mass is 32.1. The molecule has 1 aromatic heterocycles. The minimum Gasteiger partial charge on any atom is -0.399 e. The van der Waals surface area contributed by atoms with E-state index in [0.29, 0.717) is 0 Å². The molecule has 0 radical (unpaired) electrons. The summed E-state index contributed by atoms with van der Waals surface area (Å²) in [5.74, 6) is 0. The van der Waals surface area contributed by atoms with Crippen LogP contribution in [0.3, 0.4) is 0 Å². The second-order valence-electron chi connectivity index (χ2n) is 4.31. The maximum atomic E-state index is 5.77. The topological polar surface area (TPSA) is 29.3 Å². The van der Waals surface area contributed by atoms with E-state index in [-0.39, 0.29) is 0 Å². The van der Waals surface area contributed by atoms with Gasteiger partial charge in [0.25, 0.3) is 0 Å². The molecule has 0 fully saturated rings. The SMILES string of the molecule is CN(CCc1cccs1)Cc1cccc(N)c1. The summed E-state index contributed by atoms with van der Waals surface area (Å²) in [4.78, 5) is 3.78. The molecule has 90 valence electrons. The van der Waals surface area contributed by atoms with Crippen LogP contribution in [0.25, 0.3) is 0 Å². The van der Waals surface area contributed by atoms with Crippen molar-refractivity contribution in [2.75, 3.05) is 19.3 Å². The molecule has 0 aliphatic rings. The Morgan fingerprint density at radius 1 is 1.24 bits per heavy atom. The van der Waals surface area contributed by atoms with Crippen LogP contribution in [0.2, 0.25) is 0 Å². The van der Waals surface area contributed by atoms with E-state index in [1.807, 2.05) is 29.5 Å². The van der Waals surface area contributed by atoms with E-state index in [0.717, 1.165) is 25.2 Å². The van der Waals surface area contributed by atoms with Crippen LogP contribution < -0.4 is 5.73 Å². The lowest BCUT2D eigenvalue weighted by molar-refractivity contribution is 0.332. The Kier molecular flexibility index (Phi) is 4.18. The van der Waals surface area contributed by atoms with Gasteiger partial charge in [0.1, 0.15) is 0 Å². The van der Waals surface area contributed by atoms with Crippen LogP contribution in [-0.4, -0.2) is 18.5 Å². The smallest absolute Gasteiger partial charge is 0.0317 e. The number of rotatable bonds is 5. The molecule has 0 unspecified atom stereocenters. The van der Waals surface area contributed by atoms with Crippen LogP contribution in [0.4, 0.5) is 5.69 Å². The zero-order chi connectivity index (χ0) is 12.1. The second kappa shape index (κ2) is 5.84. The Bertz CT molecular complexity index is 451. The second-order valence-corrected chi connectivity index (χ2v) is 5.34. The van der Waals surface area contributed by atoms with Gasteiger partial charge < -0.3 is 10.6 Å². The summed E-state index contributed by atoms with van der Waals surface area (Å²) in [7, 11) is 2.15. The van der Waals surface area contributed by atoms with Gasteiger partial charge in [0.15, 0.2) is 0 Å². The van der Waals surface area contributed by atoms with Gasteiger partial charge in [-0.3, -0.25) is 0 Å². The molecule has 3 heteroatoms. The fourth-order valence-corrected chi connectivity index (χ4v) is 2.54.